The lowest BCUT2D eigenvalue weighted by Crippen LogP contribution is -2.21. The van der Waals surface area contributed by atoms with Crippen molar-refractivity contribution in [1.29, 1.82) is 0 Å². The summed E-state index contributed by atoms with van der Waals surface area (Å²) in [5, 5.41) is 4.05. The van der Waals surface area contributed by atoms with Crippen molar-refractivity contribution in [1.82, 2.24) is 5.43 Å². The number of hydrogen-bond donors (Lipinski definition) is 1. The van der Waals surface area contributed by atoms with Crippen LogP contribution in [0.5, 0.6) is 0 Å². The summed E-state index contributed by atoms with van der Waals surface area (Å²) in [7, 11) is 0. The van der Waals surface area contributed by atoms with E-state index < -0.39 is 0 Å². The minimum atomic E-state index is 0.00139. The number of nitrogens with one attached hydrogen (secondary N) is 1. The summed E-state index contributed by atoms with van der Waals surface area (Å²) in [6.07, 6.45) is 9.39. The van der Waals surface area contributed by atoms with E-state index in [9.17, 15) is 4.79 Å². The van der Waals surface area contributed by atoms with E-state index in [1.807, 2.05) is 12.1 Å². The van der Waals surface area contributed by atoms with Gasteiger partial charge in [-0.2, -0.15) is 5.10 Å². The molecule has 0 aromatic heterocycles. The van der Waals surface area contributed by atoms with E-state index in [-0.39, 0.29) is 5.91 Å². The van der Waals surface area contributed by atoms with Gasteiger partial charge in [-0.25, -0.2) is 5.43 Å². The first-order chi connectivity index (χ1) is 11.7. The second-order valence-corrected chi connectivity index (χ2v) is 6.07. The average Bonchev–Trinajstić information content (AvgIpc) is 2.60. The maximum absolute atomic E-state index is 11.7. The predicted octanol–water partition coefficient (Wildman–Crippen LogP) is 4.73. The summed E-state index contributed by atoms with van der Waals surface area (Å²) < 4.78 is 0. The number of hydrogen-bond acceptors (Lipinski definition) is 3. The van der Waals surface area contributed by atoms with E-state index >= 15 is 0 Å². The highest BCUT2D eigenvalue weighted by Gasteiger charge is 2.01. The van der Waals surface area contributed by atoms with Gasteiger partial charge in [0.15, 0.2) is 0 Å². The molecule has 0 aliphatic heterocycles. The fourth-order valence-electron chi connectivity index (χ4n) is 2.66. The van der Waals surface area contributed by atoms with Crippen molar-refractivity contribution in [2.45, 2.75) is 65.7 Å². The van der Waals surface area contributed by atoms with Gasteiger partial charge in [-0.1, -0.05) is 51.2 Å². The van der Waals surface area contributed by atoms with Gasteiger partial charge in [-0.15, -0.1) is 0 Å². The molecule has 24 heavy (non-hydrogen) atoms. The second-order valence-electron chi connectivity index (χ2n) is 6.07. The summed E-state index contributed by atoms with van der Waals surface area (Å²) in [6, 6.07) is 8.23. The Labute approximate surface area is 147 Å². The number of carbonyl (C=O) groups excluding carboxylic acids is 1. The molecule has 0 fully saturated rings. The van der Waals surface area contributed by atoms with Crippen LogP contribution in [0.3, 0.4) is 0 Å². The Balaban J connectivity index is 2.27. The van der Waals surface area contributed by atoms with Crippen LogP contribution in [0.2, 0.25) is 0 Å². The molecule has 0 radical (unpaired) electrons. The van der Waals surface area contributed by atoms with Gasteiger partial charge in [0.25, 0.3) is 0 Å². The maximum atomic E-state index is 11.7. The van der Waals surface area contributed by atoms with Crippen molar-refractivity contribution in [2.24, 2.45) is 5.10 Å². The molecule has 0 aliphatic carbocycles. The van der Waals surface area contributed by atoms with Crippen LogP contribution < -0.4 is 10.3 Å². The van der Waals surface area contributed by atoms with Gasteiger partial charge < -0.3 is 4.90 Å². The van der Waals surface area contributed by atoms with Crippen LogP contribution in [0.1, 0.15) is 71.3 Å². The minimum Gasteiger partial charge on any atom is -0.372 e. The van der Waals surface area contributed by atoms with E-state index in [0.29, 0.717) is 6.42 Å². The molecule has 134 valence electrons. The normalized spacial score (nSPS) is 11.0. The van der Waals surface area contributed by atoms with E-state index in [1.54, 1.807) is 6.21 Å². The zero-order valence-electron chi connectivity index (χ0n) is 15.6. The maximum Gasteiger partial charge on any atom is 0.240 e. The lowest BCUT2D eigenvalue weighted by Gasteiger charge is -2.20. The highest BCUT2D eigenvalue weighted by molar-refractivity contribution is 5.82. The zero-order chi connectivity index (χ0) is 17.6. The Morgan fingerprint density at radius 2 is 1.62 bits per heavy atom. The second kappa shape index (κ2) is 12.6. The molecule has 1 aromatic carbocycles. The molecular formula is C20H33N3O. The van der Waals surface area contributed by atoms with Crippen LogP contribution in [-0.4, -0.2) is 25.2 Å². The topological polar surface area (TPSA) is 44.7 Å². The van der Waals surface area contributed by atoms with Crippen molar-refractivity contribution in [2.75, 3.05) is 18.0 Å². The first-order valence-electron chi connectivity index (χ1n) is 9.38. The Bertz CT molecular complexity index is 478. The standard InChI is InChI=1S/C20H33N3O/c1-4-7-8-9-10-11-12-20(24)22-21-17-18-13-15-19(16-14-18)23(5-2)6-3/h13-17H,4-12H2,1-3H3,(H,22,24)/b21-17+. The molecule has 0 bridgehead atoms. The molecule has 1 amide bonds. The molecule has 0 spiro atoms. The predicted molar refractivity (Wildman–Crippen MR) is 104 cm³/mol. The van der Waals surface area contributed by atoms with E-state index in [0.717, 1.165) is 31.5 Å². The third-order valence-electron chi connectivity index (χ3n) is 4.18. The van der Waals surface area contributed by atoms with E-state index in [1.165, 1.54) is 31.4 Å². The van der Waals surface area contributed by atoms with Crippen LogP contribution >= 0.6 is 0 Å². The third-order valence-corrected chi connectivity index (χ3v) is 4.18. The first kappa shape index (κ1) is 20.2. The van der Waals surface area contributed by atoms with Gasteiger partial charge in [0.1, 0.15) is 0 Å². The lowest BCUT2D eigenvalue weighted by atomic mass is 10.1. The Hall–Kier alpha value is -1.84. The Morgan fingerprint density at radius 1 is 1.00 bits per heavy atom. The lowest BCUT2D eigenvalue weighted by molar-refractivity contribution is -0.121. The number of carbonyl (C=O) groups is 1. The molecule has 4 heteroatoms. The largest absolute Gasteiger partial charge is 0.372 e. The quantitative estimate of drug-likeness (QED) is 0.342. The smallest absolute Gasteiger partial charge is 0.240 e. The van der Waals surface area contributed by atoms with E-state index in [4.69, 9.17) is 0 Å². The molecule has 4 nitrogen and oxygen atoms in total. The summed E-state index contributed by atoms with van der Waals surface area (Å²) >= 11 is 0. The molecule has 0 aliphatic rings. The van der Waals surface area contributed by atoms with Crippen molar-refractivity contribution in [3.05, 3.63) is 29.8 Å². The number of amides is 1. The number of nitrogens with zero attached hydrogens (tertiary/aromatic N) is 2. The molecule has 0 saturated heterocycles. The average molecular weight is 332 g/mol. The Kier molecular flexibility index (Phi) is 10.6. The van der Waals surface area contributed by atoms with Crippen molar-refractivity contribution in [3.63, 3.8) is 0 Å². The van der Waals surface area contributed by atoms with Gasteiger partial charge in [-0.05, 0) is 38.0 Å². The molecule has 0 heterocycles. The molecule has 1 aromatic rings. The fraction of sp³-hybridized carbons (Fsp3) is 0.600. The SMILES string of the molecule is CCCCCCCCC(=O)N/N=C/c1ccc(N(CC)CC)cc1. The van der Waals surface area contributed by atoms with Crippen molar-refractivity contribution >= 4 is 17.8 Å². The monoisotopic (exact) mass is 331 g/mol. The molecule has 0 atom stereocenters. The molecule has 0 saturated carbocycles. The number of rotatable bonds is 12. The minimum absolute atomic E-state index is 0.00139. The van der Waals surface area contributed by atoms with Crippen LogP contribution in [0.4, 0.5) is 5.69 Å². The van der Waals surface area contributed by atoms with Crippen LogP contribution in [0, 0.1) is 0 Å². The Morgan fingerprint density at radius 3 is 2.25 bits per heavy atom. The summed E-state index contributed by atoms with van der Waals surface area (Å²) in [6.45, 7) is 8.51. The summed E-state index contributed by atoms with van der Waals surface area (Å²) in [4.78, 5) is 14.0. The number of unbranched alkanes of at least 4 members (excludes halogenated alkanes) is 5. The van der Waals surface area contributed by atoms with Crippen LogP contribution in [-0.2, 0) is 4.79 Å². The molecule has 0 unspecified atom stereocenters. The van der Waals surface area contributed by atoms with Crippen LogP contribution in [0.25, 0.3) is 0 Å². The van der Waals surface area contributed by atoms with Gasteiger partial charge in [0, 0.05) is 25.2 Å². The van der Waals surface area contributed by atoms with Gasteiger partial charge in [0.05, 0.1) is 6.21 Å². The summed E-state index contributed by atoms with van der Waals surface area (Å²) in [5.41, 5.74) is 4.82. The van der Waals surface area contributed by atoms with Gasteiger partial charge >= 0.3 is 0 Å². The first-order valence-corrected chi connectivity index (χ1v) is 9.38. The molecule has 1 rings (SSSR count). The van der Waals surface area contributed by atoms with Crippen molar-refractivity contribution < 1.29 is 4.79 Å². The van der Waals surface area contributed by atoms with Gasteiger partial charge in [-0.3, -0.25) is 4.79 Å². The van der Waals surface area contributed by atoms with Crippen LogP contribution in [0.15, 0.2) is 29.4 Å². The summed E-state index contributed by atoms with van der Waals surface area (Å²) in [5.74, 6) is 0.00139. The highest BCUT2D eigenvalue weighted by atomic mass is 16.2. The molecule has 1 N–H and O–H groups in total. The zero-order valence-corrected chi connectivity index (χ0v) is 15.6. The highest BCUT2D eigenvalue weighted by Crippen LogP contribution is 2.14. The van der Waals surface area contributed by atoms with Crippen molar-refractivity contribution in [3.8, 4) is 0 Å². The number of benzene rings is 1. The van der Waals surface area contributed by atoms with E-state index in [2.05, 4.69) is 48.3 Å². The number of anilines is 1. The fourth-order valence-corrected chi connectivity index (χ4v) is 2.66. The van der Waals surface area contributed by atoms with Gasteiger partial charge in [0.2, 0.25) is 5.91 Å². The third kappa shape index (κ3) is 8.14. The molecular weight excluding hydrogens is 298 g/mol. The number of hydrazone groups is 1.